The van der Waals surface area contributed by atoms with Crippen molar-refractivity contribution in [3.8, 4) is 0 Å². The van der Waals surface area contributed by atoms with E-state index in [9.17, 15) is 4.79 Å². The third kappa shape index (κ3) is 5.09. The number of fused-ring (bicyclic) bond motifs is 1. The Balaban J connectivity index is 0.00000132. The lowest BCUT2D eigenvalue weighted by atomic mass is 9.85. The van der Waals surface area contributed by atoms with Crippen LogP contribution in [0.1, 0.15) is 31.5 Å². The number of rotatable bonds is 4. The summed E-state index contributed by atoms with van der Waals surface area (Å²) in [6.45, 7) is 0.615. The summed E-state index contributed by atoms with van der Waals surface area (Å²) in [6.07, 6.45) is 4.60. The number of H-pyrrole nitrogens is 1. The van der Waals surface area contributed by atoms with Crippen LogP contribution in [0, 0.1) is 5.92 Å². The van der Waals surface area contributed by atoms with Crippen molar-refractivity contribution >= 4 is 41.8 Å². The number of imidazole rings is 1. The molecule has 1 heterocycles. The average molecular weight is 359 g/mol. The molecule has 7 heteroatoms. The standard InChI is InChI=1S/C16H22N4O.2ClH/c17-12-5-3-4-11(10-12)16(21)18-9-8-15-19-13-6-1-2-7-14(13)20-15;;/h1-2,6-7,11-12H,3-5,8-10,17H2,(H,18,21)(H,19,20);2*1H. The van der Waals surface area contributed by atoms with Crippen LogP contribution in [0.5, 0.6) is 0 Å². The minimum Gasteiger partial charge on any atom is -0.355 e. The number of hydrogen-bond donors (Lipinski definition) is 3. The zero-order valence-corrected chi connectivity index (χ0v) is 14.6. The van der Waals surface area contributed by atoms with Crippen molar-refractivity contribution in [2.75, 3.05) is 6.54 Å². The van der Waals surface area contributed by atoms with Gasteiger partial charge in [-0.2, -0.15) is 0 Å². The van der Waals surface area contributed by atoms with Crippen LogP contribution in [-0.4, -0.2) is 28.5 Å². The van der Waals surface area contributed by atoms with E-state index in [1.165, 1.54) is 0 Å². The smallest absolute Gasteiger partial charge is 0.223 e. The first kappa shape index (κ1) is 19.7. The Kier molecular flexibility index (Phi) is 7.82. The molecule has 1 aliphatic carbocycles. The van der Waals surface area contributed by atoms with E-state index in [2.05, 4.69) is 15.3 Å². The van der Waals surface area contributed by atoms with Crippen molar-refractivity contribution < 1.29 is 4.79 Å². The van der Waals surface area contributed by atoms with Crippen molar-refractivity contribution in [1.82, 2.24) is 15.3 Å². The van der Waals surface area contributed by atoms with E-state index in [0.717, 1.165) is 49.0 Å². The van der Waals surface area contributed by atoms with E-state index in [1.807, 2.05) is 24.3 Å². The van der Waals surface area contributed by atoms with Gasteiger partial charge in [-0.3, -0.25) is 4.79 Å². The van der Waals surface area contributed by atoms with Crippen LogP contribution in [0.3, 0.4) is 0 Å². The second kappa shape index (κ2) is 9.11. The fourth-order valence-corrected chi connectivity index (χ4v) is 3.04. The number of aromatic nitrogens is 2. The highest BCUT2D eigenvalue weighted by atomic mass is 35.5. The van der Waals surface area contributed by atoms with Gasteiger partial charge in [0.05, 0.1) is 11.0 Å². The molecule has 128 valence electrons. The number of amides is 1. The lowest BCUT2D eigenvalue weighted by Gasteiger charge is -2.25. The van der Waals surface area contributed by atoms with Gasteiger partial charge in [0.2, 0.25) is 5.91 Å². The van der Waals surface area contributed by atoms with Gasteiger partial charge in [-0.1, -0.05) is 18.6 Å². The summed E-state index contributed by atoms with van der Waals surface area (Å²) in [4.78, 5) is 19.9. The van der Waals surface area contributed by atoms with Crippen molar-refractivity contribution in [2.24, 2.45) is 11.7 Å². The summed E-state index contributed by atoms with van der Waals surface area (Å²) in [5.41, 5.74) is 7.94. The molecule has 0 bridgehead atoms. The van der Waals surface area contributed by atoms with Gasteiger partial charge in [0.1, 0.15) is 5.82 Å². The summed E-state index contributed by atoms with van der Waals surface area (Å²) in [6, 6.07) is 8.13. The fraction of sp³-hybridized carbons (Fsp3) is 0.500. The second-order valence-electron chi connectivity index (χ2n) is 5.87. The molecule has 1 aliphatic rings. The van der Waals surface area contributed by atoms with Crippen LogP contribution >= 0.6 is 24.8 Å². The lowest BCUT2D eigenvalue weighted by molar-refractivity contribution is -0.126. The third-order valence-electron chi connectivity index (χ3n) is 4.19. The van der Waals surface area contributed by atoms with Crippen LogP contribution in [0.4, 0.5) is 0 Å². The number of hydrogen-bond acceptors (Lipinski definition) is 3. The highest BCUT2D eigenvalue weighted by molar-refractivity contribution is 5.85. The molecule has 3 rings (SSSR count). The van der Waals surface area contributed by atoms with E-state index >= 15 is 0 Å². The number of para-hydroxylation sites is 2. The maximum absolute atomic E-state index is 12.1. The fourth-order valence-electron chi connectivity index (χ4n) is 3.04. The van der Waals surface area contributed by atoms with E-state index in [4.69, 9.17) is 5.73 Å². The molecule has 4 N–H and O–H groups in total. The minimum atomic E-state index is 0. The molecule has 2 aromatic rings. The Labute approximate surface area is 148 Å². The molecule has 5 nitrogen and oxygen atoms in total. The molecule has 1 aromatic heterocycles. The van der Waals surface area contributed by atoms with Crippen molar-refractivity contribution in [2.45, 2.75) is 38.1 Å². The molecule has 1 aromatic carbocycles. The molecule has 23 heavy (non-hydrogen) atoms. The lowest BCUT2D eigenvalue weighted by Crippen LogP contribution is -2.38. The molecule has 1 amide bonds. The zero-order valence-electron chi connectivity index (χ0n) is 13.0. The van der Waals surface area contributed by atoms with Gasteiger partial charge in [-0.15, -0.1) is 24.8 Å². The van der Waals surface area contributed by atoms with Crippen molar-refractivity contribution in [3.05, 3.63) is 30.1 Å². The van der Waals surface area contributed by atoms with E-state index < -0.39 is 0 Å². The van der Waals surface area contributed by atoms with Gasteiger partial charge in [-0.25, -0.2) is 4.98 Å². The van der Waals surface area contributed by atoms with Crippen LogP contribution in [0.15, 0.2) is 24.3 Å². The molecule has 0 aliphatic heterocycles. The summed E-state index contributed by atoms with van der Waals surface area (Å²) in [7, 11) is 0. The van der Waals surface area contributed by atoms with E-state index in [-0.39, 0.29) is 42.7 Å². The van der Waals surface area contributed by atoms with Gasteiger partial charge in [0.25, 0.3) is 0 Å². The van der Waals surface area contributed by atoms with Crippen LogP contribution < -0.4 is 11.1 Å². The predicted molar refractivity (Wildman–Crippen MR) is 97.2 cm³/mol. The number of nitrogens with one attached hydrogen (secondary N) is 2. The predicted octanol–water partition coefficient (Wildman–Crippen LogP) is 2.58. The SMILES string of the molecule is Cl.Cl.NC1CCCC(C(=O)NCCc2nc3ccccc3[nH]2)C1. The molecule has 0 spiro atoms. The quantitative estimate of drug-likeness (QED) is 0.785. The van der Waals surface area contributed by atoms with Gasteiger partial charge in [0.15, 0.2) is 0 Å². The second-order valence-corrected chi connectivity index (χ2v) is 5.87. The highest BCUT2D eigenvalue weighted by Gasteiger charge is 2.24. The first-order chi connectivity index (χ1) is 10.2. The number of nitrogens with zero attached hydrogens (tertiary/aromatic N) is 1. The van der Waals surface area contributed by atoms with Crippen LogP contribution in [0.2, 0.25) is 0 Å². The zero-order chi connectivity index (χ0) is 14.7. The molecule has 2 unspecified atom stereocenters. The largest absolute Gasteiger partial charge is 0.355 e. The monoisotopic (exact) mass is 358 g/mol. The molecule has 1 saturated carbocycles. The number of carbonyl (C=O) groups is 1. The molecular formula is C16H24Cl2N4O. The maximum Gasteiger partial charge on any atom is 0.223 e. The Morgan fingerprint density at radius 2 is 2.09 bits per heavy atom. The normalized spacial score (nSPS) is 20.4. The molecule has 0 radical (unpaired) electrons. The van der Waals surface area contributed by atoms with Crippen molar-refractivity contribution in [1.29, 1.82) is 0 Å². The first-order valence-corrected chi connectivity index (χ1v) is 7.69. The molecule has 1 fully saturated rings. The van der Waals surface area contributed by atoms with Crippen LogP contribution in [0.25, 0.3) is 11.0 Å². The Bertz CT molecular complexity index is 598. The summed E-state index contributed by atoms with van der Waals surface area (Å²) < 4.78 is 0. The summed E-state index contributed by atoms with van der Waals surface area (Å²) in [5, 5.41) is 3.01. The molecular weight excluding hydrogens is 335 g/mol. The number of carbonyl (C=O) groups excluding carboxylic acids is 1. The Morgan fingerprint density at radius 3 is 2.83 bits per heavy atom. The van der Waals surface area contributed by atoms with Gasteiger partial charge >= 0.3 is 0 Å². The van der Waals surface area contributed by atoms with Gasteiger partial charge in [0, 0.05) is 24.9 Å². The van der Waals surface area contributed by atoms with Gasteiger partial charge < -0.3 is 16.0 Å². The van der Waals surface area contributed by atoms with E-state index in [0.29, 0.717) is 6.54 Å². The molecule has 2 atom stereocenters. The number of benzene rings is 1. The summed E-state index contributed by atoms with van der Waals surface area (Å²) >= 11 is 0. The van der Waals surface area contributed by atoms with E-state index in [1.54, 1.807) is 0 Å². The third-order valence-corrected chi connectivity index (χ3v) is 4.19. The number of nitrogens with two attached hydrogens (primary N) is 1. The van der Waals surface area contributed by atoms with Gasteiger partial charge in [-0.05, 0) is 31.4 Å². The highest BCUT2D eigenvalue weighted by Crippen LogP contribution is 2.23. The number of halogens is 2. The van der Waals surface area contributed by atoms with Crippen molar-refractivity contribution in [3.63, 3.8) is 0 Å². The average Bonchev–Trinajstić information content (AvgIpc) is 2.89. The number of aromatic amines is 1. The summed E-state index contributed by atoms with van der Waals surface area (Å²) in [5.74, 6) is 1.14. The topological polar surface area (TPSA) is 83.8 Å². The first-order valence-electron chi connectivity index (χ1n) is 7.69. The van der Waals surface area contributed by atoms with Crippen LogP contribution in [-0.2, 0) is 11.2 Å². The maximum atomic E-state index is 12.1. The Morgan fingerprint density at radius 1 is 1.30 bits per heavy atom. The minimum absolute atomic E-state index is 0. The molecule has 0 saturated heterocycles. The Hall–Kier alpha value is -1.30.